The van der Waals surface area contributed by atoms with Crippen LogP contribution in [0.15, 0.2) is 52.5 Å². The van der Waals surface area contributed by atoms with Gasteiger partial charge >= 0.3 is 0 Å². The van der Waals surface area contributed by atoms with Gasteiger partial charge in [0.2, 0.25) is 0 Å². The molecule has 32 heavy (non-hydrogen) atoms. The van der Waals surface area contributed by atoms with Crippen LogP contribution in [0.1, 0.15) is 23.6 Å². The van der Waals surface area contributed by atoms with E-state index in [0.717, 1.165) is 16.6 Å². The number of hydrogen-bond donors (Lipinski definition) is 1. The zero-order chi connectivity index (χ0) is 22.8. The van der Waals surface area contributed by atoms with E-state index >= 15 is 0 Å². The minimum Gasteiger partial charge on any atom is -0.507 e. The average Bonchev–Trinajstić information content (AvgIpc) is 3.03. The summed E-state index contributed by atoms with van der Waals surface area (Å²) in [6.07, 6.45) is 0.705. The highest BCUT2D eigenvalue weighted by atomic mass is 79.9. The summed E-state index contributed by atoms with van der Waals surface area (Å²) in [7, 11) is 3.92. The molecule has 0 saturated carbocycles. The third kappa shape index (κ3) is 4.38. The van der Waals surface area contributed by atoms with E-state index < -0.39 is 17.7 Å². The molecule has 1 amide bonds. The number of carbonyl (C=O) groups excluding carboxylic acids is 2. The second kappa shape index (κ2) is 9.34. The Morgan fingerprint density at radius 1 is 1.09 bits per heavy atom. The zero-order valence-corrected chi connectivity index (χ0v) is 19.6. The molecule has 1 saturated heterocycles. The van der Waals surface area contributed by atoms with Gasteiger partial charge in [-0.25, -0.2) is 0 Å². The van der Waals surface area contributed by atoms with Crippen LogP contribution in [0.4, 0.5) is 0 Å². The maximum absolute atomic E-state index is 13.1. The van der Waals surface area contributed by atoms with Crippen molar-refractivity contribution in [2.75, 3.05) is 40.4 Å². The first-order valence-corrected chi connectivity index (χ1v) is 11.2. The third-order valence-electron chi connectivity index (χ3n) is 5.55. The highest BCUT2D eigenvalue weighted by Crippen LogP contribution is 2.41. The number of aliphatic hydroxyl groups is 1. The van der Waals surface area contributed by atoms with Crippen LogP contribution >= 0.6 is 15.9 Å². The summed E-state index contributed by atoms with van der Waals surface area (Å²) in [4.78, 5) is 29.6. The SMILES string of the molecule is CN(C)CCCN1C(=O)C(=O)/C(=C(/O)c2ccc3c(c2)OCCO3)[C@H]1c1ccc(Br)cc1. The molecule has 0 bridgehead atoms. The van der Waals surface area contributed by atoms with Gasteiger partial charge in [0.1, 0.15) is 19.0 Å². The highest BCUT2D eigenvalue weighted by molar-refractivity contribution is 9.10. The molecule has 2 aliphatic rings. The van der Waals surface area contributed by atoms with Gasteiger partial charge < -0.3 is 24.4 Å². The highest BCUT2D eigenvalue weighted by Gasteiger charge is 2.45. The van der Waals surface area contributed by atoms with Crippen molar-refractivity contribution < 1.29 is 24.2 Å². The van der Waals surface area contributed by atoms with Gasteiger partial charge in [-0.15, -0.1) is 0 Å². The number of aliphatic hydroxyl groups excluding tert-OH is 1. The zero-order valence-electron chi connectivity index (χ0n) is 18.0. The number of fused-ring (bicyclic) bond motifs is 1. The van der Waals surface area contributed by atoms with Gasteiger partial charge in [0.15, 0.2) is 11.5 Å². The standard InChI is InChI=1S/C24H25BrN2O5/c1-26(2)10-3-11-27-21(15-4-7-17(25)8-5-15)20(23(29)24(27)30)22(28)16-6-9-18-19(14-16)32-13-12-31-18/h4-9,14,21,28H,3,10-13H2,1-2H3/b22-20+/t21-/m1/s1. The number of nitrogens with zero attached hydrogens (tertiary/aromatic N) is 2. The number of halogens is 1. The summed E-state index contributed by atoms with van der Waals surface area (Å²) in [5, 5.41) is 11.2. The molecule has 2 heterocycles. The lowest BCUT2D eigenvalue weighted by molar-refractivity contribution is -0.139. The topological polar surface area (TPSA) is 79.3 Å². The Balaban J connectivity index is 1.77. The van der Waals surface area contributed by atoms with E-state index in [0.29, 0.717) is 43.2 Å². The smallest absolute Gasteiger partial charge is 0.295 e. The number of Topliss-reactive ketones (excluding diaryl/α,β-unsaturated/α-hetero) is 1. The molecule has 1 atom stereocenters. The van der Waals surface area contributed by atoms with Crippen LogP contribution in [0.5, 0.6) is 11.5 Å². The number of amides is 1. The number of rotatable bonds is 6. The van der Waals surface area contributed by atoms with E-state index in [-0.39, 0.29) is 11.3 Å². The number of likely N-dealkylation sites (tertiary alicyclic amines) is 1. The molecule has 1 fully saturated rings. The van der Waals surface area contributed by atoms with Crippen molar-refractivity contribution >= 4 is 33.4 Å². The molecule has 0 aliphatic carbocycles. The first-order chi connectivity index (χ1) is 15.4. The molecule has 2 aliphatic heterocycles. The molecule has 2 aromatic rings. The van der Waals surface area contributed by atoms with Gasteiger partial charge in [0, 0.05) is 16.6 Å². The minimum absolute atomic E-state index is 0.0823. The lowest BCUT2D eigenvalue weighted by atomic mass is 9.95. The summed E-state index contributed by atoms with van der Waals surface area (Å²) in [5.74, 6) is -0.420. The molecule has 0 unspecified atom stereocenters. The molecule has 1 N–H and O–H groups in total. The Bertz CT molecular complexity index is 1060. The molecule has 0 radical (unpaired) electrons. The lowest BCUT2D eigenvalue weighted by Crippen LogP contribution is -2.32. The number of ketones is 1. The quantitative estimate of drug-likeness (QED) is 0.370. The predicted octanol–water partition coefficient (Wildman–Crippen LogP) is 3.59. The van der Waals surface area contributed by atoms with Crippen molar-refractivity contribution in [2.45, 2.75) is 12.5 Å². The minimum atomic E-state index is -0.685. The van der Waals surface area contributed by atoms with Crippen molar-refractivity contribution in [3.63, 3.8) is 0 Å². The Morgan fingerprint density at radius 3 is 2.47 bits per heavy atom. The van der Waals surface area contributed by atoms with Gasteiger partial charge in [0.05, 0.1) is 11.6 Å². The van der Waals surface area contributed by atoms with E-state index in [2.05, 4.69) is 15.9 Å². The van der Waals surface area contributed by atoms with Crippen molar-refractivity contribution in [3.8, 4) is 11.5 Å². The first kappa shape index (κ1) is 22.4. The second-order valence-electron chi connectivity index (χ2n) is 8.06. The van der Waals surface area contributed by atoms with Crippen molar-refractivity contribution in [1.29, 1.82) is 0 Å². The summed E-state index contributed by atoms with van der Waals surface area (Å²) in [6, 6.07) is 11.8. The summed E-state index contributed by atoms with van der Waals surface area (Å²) in [6.45, 7) is 2.05. The monoisotopic (exact) mass is 500 g/mol. The molecule has 4 rings (SSSR count). The van der Waals surface area contributed by atoms with Gasteiger partial charge in [-0.3, -0.25) is 9.59 Å². The van der Waals surface area contributed by atoms with E-state index in [9.17, 15) is 14.7 Å². The van der Waals surface area contributed by atoms with Crippen LogP contribution in [0, 0.1) is 0 Å². The van der Waals surface area contributed by atoms with Crippen LogP contribution in [-0.2, 0) is 9.59 Å². The van der Waals surface area contributed by atoms with Gasteiger partial charge in [-0.2, -0.15) is 0 Å². The second-order valence-corrected chi connectivity index (χ2v) is 8.97. The van der Waals surface area contributed by atoms with Gasteiger partial charge in [0.25, 0.3) is 11.7 Å². The van der Waals surface area contributed by atoms with Crippen molar-refractivity contribution in [3.05, 3.63) is 63.6 Å². The van der Waals surface area contributed by atoms with Crippen LogP contribution in [0.2, 0.25) is 0 Å². The molecular formula is C24H25BrN2O5. The van der Waals surface area contributed by atoms with Crippen molar-refractivity contribution in [2.24, 2.45) is 0 Å². The molecule has 0 aromatic heterocycles. The molecule has 2 aromatic carbocycles. The number of ether oxygens (including phenoxy) is 2. The molecule has 7 nitrogen and oxygen atoms in total. The Morgan fingerprint density at radius 2 is 1.78 bits per heavy atom. The fourth-order valence-electron chi connectivity index (χ4n) is 4.01. The third-order valence-corrected chi connectivity index (χ3v) is 6.07. The Kier molecular flexibility index (Phi) is 6.53. The first-order valence-electron chi connectivity index (χ1n) is 10.5. The molecule has 0 spiro atoms. The summed E-state index contributed by atoms with van der Waals surface area (Å²) >= 11 is 3.43. The number of carbonyl (C=O) groups is 2. The molecular weight excluding hydrogens is 476 g/mol. The normalized spacial score (nSPS) is 19.6. The maximum atomic E-state index is 13.1. The van der Waals surface area contributed by atoms with Crippen LogP contribution in [-0.4, -0.2) is 67.0 Å². The Labute approximate surface area is 195 Å². The van der Waals surface area contributed by atoms with E-state index in [1.807, 2.05) is 43.3 Å². The fourth-order valence-corrected chi connectivity index (χ4v) is 4.27. The van der Waals surface area contributed by atoms with E-state index in [4.69, 9.17) is 9.47 Å². The largest absolute Gasteiger partial charge is 0.507 e. The fraction of sp³-hybridized carbons (Fsp3) is 0.333. The van der Waals surface area contributed by atoms with E-state index in [1.165, 1.54) is 0 Å². The summed E-state index contributed by atoms with van der Waals surface area (Å²) < 4.78 is 12.0. The van der Waals surface area contributed by atoms with Crippen LogP contribution in [0.3, 0.4) is 0 Å². The van der Waals surface area contributed by atoms with Gasteiger partial charge in [-0.1, -0.05) is 28.1 Å². The predicted molar refractivity (Wildman–Crippen MR) is 124 cm³/mol. The molecule has 168 valence electrons. The Hall–Kier alpha value is -2.84. The average molecular weight is 501 g/mol. The van der Waals surface area contributed by atoms with Crippen LogP contribution in [0.25, 0.3) is 5.76 Å². The lowest BCUT2D eigenvalue weighted by Gasteiger charge is -2.26. The molecule has 8 heteroatoms. The maximum Gasteiger partial charge on any atom is 0.295 e. The number of benzene rings is 2. The number of hydrogen-bond acceptors (Lipinski definition) is 6. The van der Waals surface area contributed by atoms with E-state index in [1.54, 1.807) is 23.1 Å². The van der Waals surface area contributed by atoms with Gasteiger partial charge in [-0.05, 0) is 63.0 Å². The van der Waals surface area contributed by atoms with Crippen molar-refractivity contribution in [1.82, 2.24) is 9.80 Å². The summed E-state index contributed by atoms with van der Waals surface area (Å²) in [5.41, 5.74) is 1.25. The van der Waals surface area contributed by atoms with Crippen LogP contribution < -0.4 is 9.47 Å².